The van der Waals surface area contributed by atoms with E-state index in [2.05, 4.69) is 5.32 Å². The van der Waals surface area contributed by atoms with Gasteiger partial charge in [0.1, 0.15) is 5.69 Å². The molecule has 114 valence electrons. The van der Waals surface area contributed by atoms with Crippen molar-refractivity contribution in [3.63, 3.8) is 0 Å². The number of anilines is 1. The third-order valence-electron chi connectivity index (χ3n) is 3.49. The number of aliphatic hydroxyl groups excluding tert-OH is 1. The molecule has 0 aromatic heterocycles. The van der Waals surface area contributed by atoms with E-state index in [4.69, 9.17) is 0 Å². The number of nitrogens with zero attached hydrogens (tertiary/aromatic N) is 2. The van der Waals surface area contributed by atoms with E-state index < -0.39 is 11.0 Å². The molecule has 1 unspecified atom stereocenters. The molecule has 1 aromatic rings. The highest BCUT2D eigenvalue weighted by molar-refractivity contribution is 5.96. The van der Waals surface area contributed by atoms with Crippen molar-refractivity contribution in [2.75, 3.05) is 25.0 Å². The van der Waals surface area contributed by atoms with Crippen molar-refractivity contribution in [2.45, 2.75) is 25.9 Å². The van der Waals surface area contributed by atoms with Gasteiger partial charge in [-0.25, -0.2) is 0 Å². The lowest BCUT2D eigenvalue weighted by molar-refractivity contribution is -0.384. The number of benzene rings is 1. The van der Waals surface area contributed by atoms with E-state index in [-0.39, 0.29) is 11.6 Å². The van der Waals surface area contributed by atoms with Crippen molar-refractivity contribution in [1.29, 1.82) is 0 Å². The molecule has 0 spiro atoms. The first-order valence-corrected chi connectivity index (χ1v) is 7.02. The van der Waals surface area contributed by atoms with E-state index in [1.54, 1.807) is 4.90 Å². The predicted molar refractivity (Wildman–Crippen MR) is 78.4 cm³/mol. The van der Waals surface area contributed by atoms with Crippen LogP contribution < -0.4 is 5.32 Å². The fourth-order valence-corrected chi connectivity index (χ4v) is 2.48. The number of nitro benzene ring substituents is 1. The van der Waals surface area contributed by atoms with Gasteiger partial charge in [0.2, 0.25) is 0 Å². The first-order chi connectivity index (χ1) is 10.0. The van der Waals surface area contributed by atoms with Crippen molar-refractivity contribution in [1.82, 2.24) is 4.90 Å². The molecule has 21 heavy (non-hydrogen) atoms. The van der Waals surface area contributed by atoms with Crippen LogP contribution >= 0.6 is 0 Å². The predicted octanol–water partition coefficient (Wildman–Crippen LogP) is 1.62. The first-order valence-electron chi connectivity index (χ1n) is 7.02. The summed E-state index contributed by atoms with van der Waals surface area (Å²) in [6.07, 6.45) is 0.973. The maximum atomic E-state index is 12.4. The highest BCUT2D eigenvalue weighted by Crippen LogP contribution is 2.26. The number of rotatable bonds is 4. The third-order valence-corrected chi connectivity index (χ3v) is 3.49. The number of piperidine rings is 1. The summed E-state index contributed by atoms with van der Waals surface area (Å²) in [5, 5.41) is 23.5. The van der Waals surface area contributed by atoms with Gasteiger partial charge in [-0.3, -0.25) is 14.9 Å². The Labute approximate surface area is 122 Å². The van der Waals surface area contributed by atoms with Gasteiger partial charge in [-0.1, -0.05) is 0 Å². The minimum Gasteiger partial charge on any atom is -0.391 e. The summed E-state index contributed by atoms with van der Waals surface area (Å²) in [4.78, 5) is 24.5. The molecule has 0 radical (unpaired) electrons. The quantitative estimate of drug-likeness (QED) is 0.649. The first kappa shape index (κ1) is 15.2. The van der Waals surface area contributed by atoms with Gasteiger partial charge in [0.15, 0.2) is 0 Å². The SMILES string of the molecule is CCNc1cc(C(=O)N2CCCC(O)C2)ccc1[N+](=O)[O-]. The van der Waals surface area contributed by atoms with Gasteiger partial charge >= 0.3 is 0 Å². The van der Waals surface area contributed by atoms with Crippen LogP contribution in [0.15, 0.2) is 18.2 Å². The highest BCUT2D eigenvalue weighted by atomic mass is 16.6. The van der Waals surface area contributed by atoms with Crippen LogP contribution in [0.5, 0.6) is 0 Å². The molecular weight excluding hydrogens is 274 g/mol. The molecule has 7 nitrogen and oxygen atoms in total. The molecular formula is C14H19N3O4. The fourth-order valence-electron chi connectivity index (χ4n) is 2.48. The molecule has 0 saturated carbocycles. The maximum absolute atomic E-state index is 12.4. The van der Waals surface area contributed by atoms with Gasteiger partial charge in [-0.2, -0.15) is 0 Å². The summed E-state index contributed by atoms with van der Waals surface area (Å²) < 4.78 is 0. The zero-order valence-electron chi connectivity index (χ0n) is 11.9. The van der Waals surface area contributed by atoms with Crippen molar-refractivity contribution in [3.05, 3.63) is 33.9 Å². The van der Waals surface area contributed by atoms with Gasteiger partial charge < -0.3 is 15.3 Å². The number of nitro groups is 1. The van der Waals surface area contributed by atoms with Crippen molar-refractivity contribution < 1.29 is 14.8 Å². The van der Waals surface area contributed by atoms with Gasteiger partial charge in [0.25, 0.3) is 11.6 Å². The smallest absolute Gasteiger partial charge is 0.292 e. The van der Waals surface area contributed by atoms with Crippen LogP contribution in [-0.2, 0) is 0 Å². The molecule has 1 atom stereocenters. The fraction of sp³-hybridized carbons (Fsp3) is 0.500. The van der Waals surface area contributed by atoms with Gasteiger partial charge in [0.05, 0.1) is 11.0 Å². The molecule has 7 heteroatoms. The molecule has 2 N–H and O–H groups in total. The zero-order chi connectivity index (χ0) is 15.4. The number of amides is 1. The van der Waals surface area contributed by atoms with E-state index in [0.717, 1.165) is 6.42 Å². The van der Waals surface area contributed by atoms with E-state index in [0.29, 0.717) is 37.3 Å². The van der Waals surface area contributed by atoms with E-state index in [1.165, 1.54) is 18.2 Å². The van der Waals surface area contributed by atoms with Crippen molar-refractivity contribution >= 4 is 17.3 Å². The standard InChI is InChI=1S/C14H19N3O4/c1-2-15-12-8-10(5-6-13(12)17(20)21)14(19)16-7-3-4-11(18)9-16/h5-6,8,11,15,18H,2-4,7,9H2,1H3. The van der Waals surface area contributed by atoms with Crippen LogP contribution in [0.1, 0.15) is 30.1 Å². The van der Waals surface area contributed by atoms with Crippen molar-refractivity contribution in [3.8, 4) is 0 Å². The Kier molecular flexibility index (Phi) is 4.74. The molecule has 0 bridgehead atoms. The van der Waals surface area contributed by atoms with Gasteiger partial charge in [0, 0.05) is 31.3 Å². The van der Waals surface area contributed by atoms with E-state index in [1.807, 2.05) is 6.92 Å². The largest absolute Gasteiger partial charge is 0.391 e. The lowest BCUT2D eigenvalue weighted by atomic mass is 10.1. The van der Waals surface area contributed by atoms with Crippen LogP contribution in [0, 0.1) is 10.1 Å². The second-order valence-corrected chi connectivity index (χ2v) is 5.07. The lowest BCUT2D eigenvalue weighted by Crippen LogP contribution is -2.42. The van der Waals surface area contributed by atoms with Crippen LogP contribution in [0.2, 0.25) is 0 Å². The summed E-state index contributed by atoms with van der Waals surface area (Å²) in [7, 11) is 0. The average molecular weight is 293 g/mol. The third kappa shape index (κ3) is 3.49. The van der Waals surface area contributed by atoms with Gasteiger partial charge in [-0.05, 0) is 31.9 Å². The van der Waals surface area contributed by atoms with E-state index >= 15 is 0 Å². The Hall–Kier alpha value is -2.15. The number of likely N-dealkylation sites (tertiary alicyclic amines) is 1. The number of hydrogen-bond acceptors (Lipinski definition) is 5. The Balaban J connectivity index is 2.24. The number of carbonyl (C=O) groups is 1. The summed E-state index contributed by atoms with van der Waals surface area (Å²) in [6, 6.07) is 4.30. The Morgan fingerprint density at radius 1 is 1.57 bits per heavy atom. The Morgan fingerprint density at radius 2 is 2.33 bits per heavy atom. The Morgan fingerprint density at radius 3 is 2.95 bits per heavy atom. The Bertz CT molecular complexity index is 547. The zero-order valence-corrected chi connectivity index (χ0v) is 11.9. The summed E-state index contributed by atoms with van der Waals surface area (Å²) in [6.45, 7) is 3.27. The van der Waals surface area contributed by atoms with Crippen LogP contribution in [0.4, 0.5) is 11.4 Å². The molecule has 1 saturated heterocycles. The number of β-amino-alcohol motifs (C(OH)–C–C–N with tert-alkyl or cyclic N) is 1. The molecule has 0 aliphatic carbocycles. The number of hydrogen-bond donors (Lipinski definition) is 2. The molecule has 1 heterocycles. The maximum Gasteiger partial charge on any atom is 0.292 e. The minimum atomic E-state index is -0.492. The van der Waals surface area contributed by atoms with Crippen molar-refractivity contribution in [2.24, 2.45) is 0 Å². The number of carbonyl (C=O) groups excluding carboxylic acids is 1. The van der Waals surface area contributed by atoms with Crippen LogP contribution in [0.3, 0.4) is 0 Å². The van der Waals surface area contributed by atoms with Crippen LogP contribution in [0.25, 0.3) is 0 Å². The molecule has 1 fully saturated rings. The van der Waals surface area contributed by atoms with Crippen LogP contribution in [-0.4, -0.2) is 46.6 Å². The summed E-state index contributed by atoms with van der Waals surface area (Å²) >= 11 is 0. The molecule has 1 aromatic carbocycles. The number of aliphatic hydroxyl groups is 1. The molecule has 2 rings (SSSR count). The summed E-state index contributed by atoms with van der Waals surface area (Å²) in [5.41, 5.74) is 0.684. The minimum absolute atomic E-state index is 0.0490. The monoisotopic (exact) mass is 293 g/mol. The normalized spacial score (nSPS) is 18.4. The van der Waals surface area contributed by atoms with E-state index in [9.17, 15) is 20.0 Å². The molecule has 1 aliphatic heterocycles. The topological polar surface area (TPSA) is 95.7 Å². The lowest BCUT2D eigenvalue weighted by Gasteiger charge is -2.30. The highest BCUT2D eigenvalue weighted by Gasteiger charge is 2.24. The average Bonchev–Trinajstić information content (AvgIpc) is 2.46. The molecule has 1 amide bonds. The summed E-state index contributed by atoms with van der Waals surface area (Å²) in [5.74, 6) is -0.206. The second kappa shape index (κ2) is 6.53. The van der Waals surface area contributed by atoms with Gasteiger partial charge in [-0.15, -0.1) is 0 Å². The second-order valence-electron chi connectivity index (χ2n) is 5.07. The molecule has 1 aliphatic rings. The number of nitrogens with one attached hydrogen (secondary N) is 1.